The van der Waals surface area contributed by atoms with Gasteiger partial charge in [0.1, 0.15) is 6.10 Å². The Morgan fingerprint density at radius 1 is 1.24 bits per heavy atom. The van der Waals surface area contributed by atoms with E-state index in [0.717, 1.165) is 0 Å². The lowest BCUT2D eigenvalue weighted by Gasteiger charge is -2.16. The molecule has 2 unspecified atom stereocenters. The molecule has 0 aliphatic carbocycles. The van der Waals surface area contributed by atoms with Gasteiger partial charge in [0.2, 0.25) is 0 Å². The van der Waals surface area contributed by atoms with Gasteiger partial charge in [0.25, 0.3) is 0 Å². The van der Waals surface area contributed by atoms with E-state index in [1.165, 1.54) is 0 Å². The highest BCUT2D eigenvalue weighted by Crippen LogP contribution is 2.21. The van der Waals surface area contributed by atoms with Crippen LogP contribution in [0.3, 0.4) is 0 Å². The second kappa shape index (κ2) is 5.53. The summed E-state index contributed by atoms with van der Waals surface area (Å²) in [5, 5.41) is 21.8. The number of hydrogen-bond acceptors (Lipinski definition) is 3. The van der Waals surface area contributed by atoms with Crippen molar-refractivity contribution in [1.29, 1.82) is 0 Å². The molecule has 1 rings (SSSR count). The van der Waals surface area contributed by atoms with Crippen LogP contribution in [0.1, 0.15) is 11.7 Å². The molecule has 2 N–H and O–H groups in total. The van der Waals surface area contributed by atoms with Gasteiger partial charge in [0.05, 0.1) is 12.6 Å². The summed E-state index contributed by atoms with van der Waals surface area (Å²) in [7, 11) is 0. The topological polar surface area (TPSA) is 89.2 Å². The van der Waals surface area contributed by atoms with Crippen LogP contribution < -0.4 is 0 Å². The maximum absolute atomic E-state index is 12.8. The minimum Gasteiger partial charge on any atom is -0.390 e. The van der Waals surface area contributed by atoms with Crippen molar-refractivity contribution in [1.82, 2.24) is 0 Å². The molecule has 0 saturated heterocycles. The van der Waals surface area contributed by atoms with E-state index in [9.17, 15) is 23.4 Å². The summed E-state index contributed by atoms with van der Waals surface area (Å²) in [5.74, 6) is -4.62. The molecule has 8 heteroatoms. The zero-order valence-corrected chi connectivity index (χ0v) is 8.39. The molecule has 2 atom stereocenters. The molecule has 0 aliphatic heterocycles. The molecule has 0 spiro atoms. The normalized spacial score (nSPS) is 13.9. The molecule has 0 fully saturated rings. The lowest BCUT2D eigenvalue weighted by Crippen LogP contribution is -2.21. The van der Waals surface area contributed by atoms with Crippen molar-refractivity contribution in [2.75, 3.05) is 6.54 Å². The fourth-order valence-electron chi connectivity index (χ4n) is 1.19. The predicted molar refractivity (Wildman–Crippen MR) is 51.3 cm³/mol. The zero-order valence-electron chi connectivity index (χ0n) is 8.39. The number of benzene rings is 1. The number of rotatable bonds is 4. The molecule has 5 nitrogen and oxygen atoms in total. The summed E-state index contributed by atoms with van der Waals surface area (Å²) in [5.41, 5.74) is 7.64. The number of aliphatic hydroxyl groups is 2. The fourth-order valence-corrected chi connectivity index (χ4v) is 1.19. The summed E-state index contributed by atoms with van der Waals surface area (Å²) >= 11 is 0. The second-order valence-corrected chi connectivity index (χ2v) is 3.22. The molecule has 17 heavy (non-hydrogen) atoms. The van der Waals surface area contributed by atoms with E-state index in [-0.39, 0.29) is 5.56 Å². The maximum Gasteiger partial charge on any atom is 0.194 e. The second-order valence-electron chi connectivity index (χ2n) is 3.22. The molecule has 0 aliphatic rings. The summed E-state index contributed by atoms with van der Waals surface area (Å²) in [4.78, 5) is 2.35. The number of azide groups is 1. The van der Waals surface area contributed by atoms with E-state index in [1.54, 1.807) is 0 Å². The number of nitrogens with zero attached hydrogens (tertiary/aromatic N) is 3. The average molecular weight is 247 g/mol. The molecule has 1 aromatic carbocycles. The molecule has 0 aromatic heterocycles. The molecular weight excluding hydrogens is 239 g/mol. The first kappa shape index (κ1) is 13.3. The summed E-state index contributed by atoms with van der Waals surface area (Å²) < 4.78 is 38.3. The number of hydrogen-bond donors (Lipinski definition) is 2. The van der Waals surface area contributed by atoms with Crippen LogP contribution in [0, 0.1) is 17.5 Å². The molecule has 0 bridgehead atoms. The molecule has 92 valence electrons. The van der Waals surface area contributed by atoms with Gasteiger partial charge in [-0.3, -0.25) is 0 Å². The van der Waals surface area contributed by atoms with Gasteiger partial charge in [-0.05, 0) is 23.2 Å². The van der Waals surface area contributed by atoms with Crippen molar-refractivity contribution < 1.29 is 23.4 Å². The third-order valence-electron chi connectivity index (χ3n) is 2.04. The van der Waals surface area contributed by atoms with Gasteiger partial charge < -0.3 is 10.2 Å². The Bertz CT molecular complexity index is 440. The SMILES string of the molecule is [N-]=[N+]=NCC(O)C(O)c1cc(F)c(F)c(F)c1. The van der Waals surface area contributed by atoms with Crippen molar-refractivity contribution in [3.63, 3.8) is 0 Å². The van der Waals surface area contributed by atoms with Gasteiger partial charge in [-0.25, -0.2) is 13.2 Å². The third-order valence-corrected chi connectivity index (χ3v) is 2.04. The van der Waals surface area contributed by atoms with Crippen molar-refractivity contribution >= 4 is 0 Å². The molecule has 0 heterocycles. The number of halogens is 3. The van der Waals surface area contributed by atoms with Gasteiger partial charge in [-0.15, -0.1) is 0 Å². The molecule has 0 saturated carbocycles. The van der Waals surface area contributed by atoms with Gasteiger partial charge in [0, 0.05) is 4.91 Å². The van der Waals surface area contributed by atoms with Crippen molar-refractivity contribution in [3.05, 3.63) is 45.6 Å². The van der Waals surface area contributed by atoms with Crippen molar-refractivity contribution in [2.45, 2.75) is 12.2 Å². The van der Waals surface area contributed by atoms with Crippen molar-refractivity contribution in [2.24, 2.45) is 5.11 Å². The fraction of sp³-hybridized carbons (Fsp3) is 0.333. The number of aliphatic hydroxyl groups excluding tert-OH is 2. The van der Waals surface area contributed by atoms with Crippen LogP contribution >= 0.6 is 0 Å². The van der Waals surface area contributed by atoms with Gasteiger partial charge >= 0.3 is 0 Å². The van der Waals surface area contributed by atoms with E-state index < -0.39 is 36.2 Å². The van der Waals surface area contributed by atoms with E-state index in [1.807, 2.05) is 0 Å². The Morgan fingerprint density at radius 2 is 1.76 bits per heavy atom. The van der Waals surface area contributed by atoms with E-state index >= 15 is 0 Å². The molecule has 1 aromatic rings. The summed E-state index contributed by atoms with van der Waals surface area (Å²) in [6.45, 7) is -0.474. The molecule has 0 amide bonds. The van der Waals surface area contributed by atoms with Crippen LogP contribution in [0.5, 0.6) is 0 Å². The Hall–Kier alpha value is -1.76. The summed E-state index contributed by atoms with van der Waals surface area (Å²) in [6, 6.07) is 1.12. The smallest absolute Gasteiger partial charge is 0.194 e. The van der Waals surface area contributed by atoms with E-state index in [4.69, 9.17) is 5.53 Å². The Labute approximate surface area is 93.7 Å². The highest BCUT2D eigenvalue weighted by Gasteiger charge is 2.21. The highest BCUT2D eigenvalue weighted by molar-refractivity contribution is 5.22. The summed E-state index contributed by atoms with van der Waals surface area (Å²) in [6.07, 6.45) is -3.21. The minimum atomic E-state index is -1.68. The molecule has 0 radical (unpaired) electrons. The largest absolute Gasteiger partial charge is 0.390 e. The Kier molecular flexibility index (Phi) is 4.33. The van der Waals surface area contributed by atoms with Crippen LogP contribution in [0.4, 0.5) is 13.2 Å². The zero-order chi connectivity index (χ0) is 13.0. The van der Waals surface area contributed by atoms with Crippen LogP contribution in [-0.4, -0.2) is 22.9 Å². The predicted octanol–water partition coefficient (Wildman–Crippen LogP) is 1.81. The quantitative estimate of drug-likeness (QED) is 0.367. The minimum absolute atomic E-state index is 0.345. The van der Waals surface area contributed by atoms with Gasteiger partial charge in [0.15, 0.2) is 17.5 Å². The van der Waals surface area contributed by atoms with Crippen LogP contribution in [0.15, 0.2) is 17.2 Å². The highest BCUT2D eigenvalue weighted by atomic mass is 19.2. The first-order valence-corrected chi connectivity index (χ1v) is 4.48. The van der Waals surface area contributed by atoms with Gasteiger partial charge in [-0.2, -0.15) is 0 Å². The molecular formula is C9H8F3N3O2. The first-order valence-electron chi connectivity index (χ1n) is 4.48. The van der Waals surface area contributed by atoms with E-state index in [2.05, 4.69) is 10.0 Å². The monoisotopic (exact) mass is 247 g/mol. The van der Waals surface area contributed by atoms with Crippen LogP contribution in [0.2, 0.25) is 0 Å². The Balaban J connectivity index is 2.96. The third kappa shape index (κ3) is 3.10. The maximum atomic E-state index is 12.8. The van der Waals surface area contributed by atoms with E-state index in [0.29, 0.717) is 12.1 Å². The Morgan fingerprint density at radius 3 is 2.24 bits per heavy atom. The standard InChI is InChI=1S/C9H8F3N3O2/c10-5-1-4(2-6(11)8(5)12)9(17)7(16)3-14-15-13/h1-2,7,9,16-17H,3H2. The average Bonchev–Trinajstić information content (AvgIpc) is 2.31. The lowest BCUT2D eigenvalue weighted by molar-refractivity contribution is 0.0239. The van der Waals surface area contributed by atoms with Crippen LogP contribution in [0.25, 0.3) is 10.4 Å². The van der Waals surface area contributed by atoms with Crippen LogP contribution in [-0.2, 0) is 0 Å². The lowest BCUT2D eigenvalue weighted by atomic mass is 10.0. The van der Waals surface area contributed by atoms with Gasteiger partial charge in [-0.1, -0.05) is 5.11 Å². The first-order chi connectivity index (χ1) is 7.97. The van der Waals surface area contributed by atoms with Crippen molar-refractivity contribution in [3.8, 4) is 0 Å².